The molecule has 0 atom stereocenters. The second kappa shape index (κ2) is 6.77. The van der Waals surface area contributed by atoms with E-state index >= 15 is 0 Å². The van der Waals surface area contributed by atoms with Gasteiger partial charge in [-0.05, 0) is 24.1 Å². The van der Waals surface area contributed by atoms with Crippen molar-refractivity contribution in [2.24, 2.45) is 12.0 Å². The number of nitrogens with one attached hydrogen (secondary N) is 1. The average Bonchev–Trinajstić information content (AvgIpc) is 2.62. The van der Waals surface area contributed by atoms with Crippen molar-refractivity contribution in [2.75, 3.05) is 12.4 Å². The normalized spacial score (nSPS) is 11.5. The molecular weight excluding hydrogens is 311 g/mol. The fourth-order valence-corrected chi connectivity index (χ4v) is 2.75. The van der Waals surface area contributed by atoms with Gasteiger partial charge in [0.2, 0.25) is 5.62 Å². The molecule has 122 valence electrons. The molecule has 0 aliphatic heterocycles. The highest BCUT2D eigenvalue weighted by Crippen LogP contribution is 2.19. The molecule has 25 heavy (non-hydrogen) atoms. The molecule has 2 heterocycles. The summed E-state index contributed by atoms with van der Waals surface area (Å²) in [5.74, 6) is 0.662. The van der Waals surface area contributed by atoms with E-state index in [0.717, 1.165) is 22.2 Å². The summed E-state index contributed by atoms with van der Waals surface area (Å²) < 4.78 is 1.82. The molecule has 7 heteroatoms. The first kappa shape index (κ1) is 16.7. The van der Waals surface area contributed by atoms with Gasteiger partial charge in [0.25, 0.3) is 0 Å². The van der Waals surface area contributed by atoms with Crippen molar-refractivity contribution < 1.29 is 0 Å². The Kier molecular flexibility index (Phi) is 4.53. The molecule has 1 N–H and O–H groups in total. The van der Waals surface area contributed by atoms with Crippen molar-refractivity contribution in [3.8, 4) is 6.07 Å². The van der Waals surface area contributed by atoms with Gasteiger partial charge >= 0.3 is 0 Å². The lowest BCUT2D eigenvalue weighted by Crippen LogP contribution is -2.25. The van der Waals surface area contributed by atoms with Crippen LogP contribution >= 0.6 is 0 Å². The Morgan fingerprint density at radius 3 is 2.92 bits per heavy atom. The van der Waals surface area contributed by atoms with E-state index in [-0.39, 0.29) is 0 Å². The second-order valence-electron chi connectivity index (χ2n) is 5.74. The summed E-state index contributed by atoms with van der Waals surface area (Å²) >= 11 is 0. The van der Waals surface area contributed by atoms with Gasteiger partial charge in [0.15, 0.2) is 0 Å². The smallest absolute Gasteiger partial charge is 0.227 e. The van der Waals surface area contributed by atoms with Crippen LogP contribution in [0.2, 0.25) is 0 Å². The maximum absolute atomic E-state index is 9.18. The van der Waals surface area contributed by atoms with Gasteiger partial charge in [-0.1, -0.05) is 23.7 Å². The van der Waals surface area contributed by atoms with Gasteiger partial charge in [0, 0.05) is 26.8 Å². The van der Waals surface area contributed by atoms with Crippen molar-refractivity contribution in [1.29, 1.82) is 5.26 Å². The van der Waals surface area contributed by atoms with Crippen LogP contribution in [0.1, 0.15) is 16.7 Å². The third kappa shape index (κ3) is 3.11. The molecule has 6 nitrogen and oxygen atoms in total. The van der Waals surface area contributed by atoms with Crippen LogP contribution in [0.3, 0.4) is 0 Å². The zero-order valence-electron chi connectivity index (χ0n) is 14.4. The average molecular weight is 328 g/mol. The Labute approximate surface area is 147 Å². The topological polar surface area (TPSA) is 78.9 Å². The monoisotopic (exact) mass is 328 g/mol. The van der Waals surface area contributed by atoms with E-state index in [9.17, 15) is 5.26 Å². The molecular formula is C18H17BN6. The molecule has 0 fully saturated rings. The fourth-order valence-electron chi connectivity index (χ4n) is 2.75. The lowest BCUT2D eigenvalue weighted by atomic mass is 9.98. The highest BCUT2D eigenvalue weighted by Gasteiger charge is 2.10. The molecule has 2 radical (unpaired) electrons. The molecule has 3 aromatic rings. The summed E-state index contributed by atoms with van der Waals surface area (Å²) in [5.41, 5.74) is 4.55. The number of hydrogen-bond donors (Lipinski definition) is 1. The number of pyridine rings is 1. The predicted octanol–water partition coefficient (Wildman–Crippen LogP) is 1.08. The van der Waals surface area contributed by atoms with Gasteiger partial charge in [-0.15, -0.1) is 0 Å². The molecule has 0 spiro atoms. The zero-order chi connectivity index (χ0) is 18.0. The first-order valence-electron chi connectivity index (χ1n) is 7.82. The van der Waals surface area contributed by atoms with Crippen LogP contribution in [-0.2, 0) is 13.6 Å². The number of nitriles is 1. The standard InChI is InChI=1S/C18H17BN6/c1-11-12(8-20)5-4-6-13(11)9-22-16-15-7-14(19)10-23-17(15)25(3)18(21-2)24-16/h4-7,10H,9H2,1-3H3,(H,21,22,24). The lowest BCUT2D eigenvalue weighted by Gasteiger charge is -2.13. The number of rotatable bonds is 3. The molecule has 3 rings (SSSR count). The van der Waals surface area contributed by atoms with Gasteiger partial charge in [0.05, 0.1) is 17.0 Å². The zero-order valence-corrected chi connectivity index (χ0v) is 14.4. The Bertz CT molecular complexity index is 1060. The Morgan fingerprint density at radius 1 is 1.40 bits per heavy atom. The van der Waals surface area contributed by atoms with Crippen LogP contribution in [0.4, 0.5) is 5.82 Å². The molecule has 0 amide bonds. The first-order chi connectivity index (χ1) is 12.0. The number of hydrogen-bond acceptors (Lipinski definition) is 5. The van der Waals surface area contributed by atoms with E-state index < -0.39 is 0 Å². The Hall–Kier alpha value is -3.14. The number of fused-ring (bicyclic) bond motifs is 1. The van der Waals surface area contributed by atoms with Crippen LogP contribution in [0.25, 0.3) is 11.0 Å². The second-order valence-corrected chi connectivity index (χ2v) is 5.74. The van der Waals surface area contributed by atoms with Crippen LogP contribution in [0.15, 0.2) is 35.5 Å². The lowest BCUT2D eigenvalue weighted by molar-refractivity contribution is 0.800. The summed E-state index contributed by atoms with van der Waals surface area (Å²) in [7, 11) is 9.45. The molecule has 0 aliphatic carbocycles. The van der Waals surface area contributed by atoms with E-state index in [1.807, 2.05) is 42.8 Å². The third-order valence-corrected chi connectivity index (χ3v) is 4.19. The Balaban J connectivity index is 2.06. The molecule has 0 unspecified atom stereocenters. The predicted molar refractivity (Wildman–Crippen MR) is 98.6 cm³/mol. The SMILES string of the molecule is [B]c1cnc2c(c1)c(NCc1cccc(C#N)c1C)nc(=NC)n2C. The maximum Gasteiger partial charge on any atom is 0.227 e. The number of benzene rings is 1. The summed E-state index contributed by atoms with van der Waals surface area (Å²) in [4.78, 5) is 13.2. The van der Waals surface area contributed by atoms with E-state index in [0.29, 0.717) is 29.0 Å². The Morgan fingerprint density at radius 2 is 2.20 bits per heavy atom. The highest BCUT2D eigenvalue weighted by molar-refractivity contribution is 6.33. The number of anilines is 1. The molecule has 0 saturated carbocycles. The minimum Gasteiger partial charge on any atom is -0.365 e. The van der Waals surface area contributed by atoms with Crippen molar-refractivity contribution in [3.63, 3.8) is 0 Å². The summed E-state index contributed by atoms with van der Waals surface area (Å²) in [6.45, 7) is 2.48. The van der Waals surface area contributed by atoms with Crippen LogP contribution < -0.4 is 16.4 Å². The van der Waals surface area contributed by atoms with Crippen molar-refractivity contribution >= 4 is 30.2 Å². The van der Waals surface area contributed by atoms with Crippen molar-refractivity contribution in [1.82, 2.24) is 14.5 Å². The quantitative estimate of drug-likeness (QED) is 0.730. The van der Waals surface area contributed by atoms with Crippen molar-refractivity contribution in [3.05, 3.63) is 52.8 Å². The van der Waals surface area contributed by atoms with Gasteiger partial charge in [0.1, 0.15) is 19.3 Å². The van der Waals surface area contributed by atoms with Crippen LogP contribution in [0.5, 0.6) is 0 Å². The largest absolute Gasteiger partial charge is 0.365 e. The highest BCUT2D eigenvalue weighted by atomic mass is 15.1. The van der Waals surface area contributed by atoms with E-state index in [2.05, 4.69) is 26.3 Å². The fraction of sp³-hybridized carbons (Fsp3) is 0.222. The summed E-state index contributed by atoms with van der Waals surface area (Å²) in [5, 5.41) is 13.3. The third-order valence-electron chi connectivity index (χ3n) is 4.19. The van der Waals surface area contributed by atoms with Crippen molar-refractivity contribution in [2.45, 2.75) is 13.5 Å². The van der Waals surface area contributed by atoms with Crippen LogP contribution in [0, 0.1) is 18.3 Å². The van der Waals surface area contributed by atoms with Gasteiger partial charge < -0.3 is 5.32 Å². The number of aryl methyl sites for hydroxylation is 1. The molecule has 0 bridgehead atoms. The molecule has 0 aliphatic rings. The number of aromatic nitrogens is 3. The molecule has 2 aromatic heterocycles. The van der Waals surface area contributed by atoms with Gasteiger partial charge in [-0.2, -0.15) is 10.2 Å². The molecule has 1 aromatic carbocycles. The summed E-state index contributed by atoms with van der Waals surface area (Å²) in [6.07, 6.45) is 1.62. The van der Waals surface area contributed by atoms with Gasteiger partial charge in [-0.3, -0.25) is 9.56 Å². The van der Waals surface area contributed by atoms with Gasteiger partial charge in [-0.25, -0.2) is 4.98 Å². The molecule has 0 saturated heterocycles. The first-order valence-corrected chi connectivity index (χ1v) is 7.82. The number of nitrogens with zero attached hydrogens (tertiary/aromatic N) is 5. The van der Waals surface area contributed by atoms with E-state index in [1.54, 1.807) is 13.2 Å². The summed E-state index contributed by atoms with van der Waals surface area (Å²) in [6, 6.07) is 9.74. The van der Waals surface area contributed by atoms with E-state index in [1.165, 1.54) is 0 Å². The maximum atomic E-state index is 9.18. The van der Waals surface area contributed by atoms with Crippen LogP contribution in [-0.4, -0.2) is 29.4 Å². The minimum atomic E-state index is 0.537. The minimum absolute atomic E-state index is 0.537. The van der Waals surface area contributed by atoms with E-state index in [4.69, 9.17) is 7.85 Å².